The topological polar surface area (TPSA) is 83.8 Å². The van der Waals surface area contributed by atoms with E-state index in [-0.39, 0.29) is 12.8 Å². The summed E-state index contributed by atoms with van der Waals surface area (Å²) in [5.74, 6) is -1.59. The molecule has 0 radical (unpaired) electrons. The first-order valence-corrected chi connectivity index (χ1v) is 7.85. The average Bonchev–Trinajstić information content (AvgIpc) is 2.35. The molecule has 0 aromatic carbocycles. The molecule has 6 nitrogen and oxygen atoms in total. The molecule has 0 spiro atoms. The Balaban J connectivity index is 4.37. The molecular formula is C17H30NO5+. The molecule has 6 heteroatoms. The number of esters is 1. The molecule has 0 rings (SSSR count). The van der Waals surface area contributed by atoms with Gasteiger partial charge in [0, 0.05) is 0 Å². The number of likely N-dealkylation sites (N-methyl/N-ethyl adjacent to an activating group) is 1. The van der Waals surface area contributed by atoms with Gasteiger partial charge in [0.05, 0.1) is 40.1 Å². The minimum Gasteiger partial charge on any atom is -0.481 e. The van der Waals surface area contributed by atoms with Crippen molar-refractivity contribution in [2.24, 2.45) is 0 Å². The van der Waals surface area contributed by atoms with Gasteiger partial charge in [0.2, 0.25) is 0 Å². The molecule has 0 aromatic heterocycles. The van der Waals surface area contributed by atoms with Gasteiger partial charge in [-0.1, -0.05) is 31.2 Å². The number of aliphatic hydroxyl groups excluding tert-OH is 1. The molecule has 2 unspecified atom stereocenters. The number of nitrogens with zero attached hydrogens (tertiary/aromatic N) is 1. The molecule has 0 amide bonds. The zero-order valence-electron chi connectivity index (χ0n) is 14.6. The minimum absolute atomic E-state index is 0.144. The van der Waals surface area contributed by atoms with E-state index in [1.165, 1.54) is 0 Å². The van der Waals surface area contributed by atoms with E-state index in [4.69, 9.17) is 9.84 Å². The fourth-order valence-electron chi connectivity index (χ4n) is 1.99. The lowest BCUT2D eigenvalue weighted by molar-refractivity contribution is -0.873. The van der Waals surface area contributed by atoms with Gasteiger partial charge in [-0.15, -0.1) is 0 Å². The van der Waals surface area contributed by atoms with Gasteiger partial charge < -0.3 is 19.4 Å². The van der Waals surface area contributed by atoms with E-state index in [1.54, 1.807) is 6.08 Å². The minimum atomic E-state index is -1.01. The van der Waals surface area contributed by atoms with Crippen molar-refractivity contribution in [3.05, 3.63) is 24.3 Å². The number of aliphatic hydroxyl groups is 1. The Morgan fingerprint density at radius 3 is 2.26 bits per heavy atom. The molecule has 132 valence electrons. The molecule has 23 heavy (non-hydrogen) atoms. The highest BCUT2D eigenvalue weighted by molar-refractivity contribution is 5.72. The van der Waals surface area contributed by atoms with E-state index in [0.29, 0.717) is 17.4 Å². The fraction of sp³-hybridized carbons (Fsp3) is 0.647. The van der Waals surface area contributed by atoms with E-state index < -0.39 is 24.1 Å². The van der Waals surface area contributed by atoms with Gasteiger partial charge in [-0.3, -0.25) is 9.59 Å². The first kappa shape index (κ1) is 21.3. The lowest BCUT2D eigenvalue weighted by atomic mass is 10.1. The summed E-state index contributed by atoms with van der Waals surface area (Å²) in [6, 6.07) is 0. The summed E-state index contributed by atoms with van der Waals surface area (Å²) in [5, 5.41) is 18.7. The monoisotopic (exact) mass is 328 g/mol. The van der Waals surface area contributed by atoms with Gasteiger partial charge in [-0.25, -0.2) is 0 Å². The van der Waals surface area contributed by atoms with Crippen molar-refractivity contribution in [3.63, 3.8) is 0 Å². The third-order valence-corrected chi connectivity index (χ3v) is 2.88. The molecule has 0 fully saturated rings. The fourth-order valence-corrected chi connectivity index (χ4v) is 1.99. The number of carboxylic acids is 1. The van der Waals surface area contributed by atoms with Crippen LogP contribution in [0.2, 0.25) is 0 Å². The second-order valence-corrected chi connectivity index (χ2v) is 6.54. The summed E-state index contributed by atoms with van der Waals surface area (Å²) in [4.78, 5) is 22.7. The van der Waals surface area contributed by atoms with Crippen molar-refractivity contribution >= 4 is 11.9 Å². The van der Waals surface area contributed by atoms with Crippen LogP contribution >= 0.6 is 0 Å². The van der Waals surface area contributed by atoms with Crippen LogP contribution in [0.4, 0.5) is 0 Å². The van der Waals surface area contributed by atoms with Gasteiger partial charge in [0.25, 0.3) is 0 Å². The third-order valence-electron chi connectivity index (χ3n) is 2.88. The van der Waals surface area contributed by atoms with Crippen molar-refractivity contribution in [1.82, 2.24) is 0 Å². The largest absolute Gasteiger partial charge is 0.481 e. The van der Waals surface area contributed by atoms with Crippen LogP contribution in [0.1, 0.15) is 32.6 Å². The summed E-state index contributed by atoms with van der Waals surface area (Å²) < 4.78 is 5.71. The highest BCUT2D eigenvalue weighted by Crippen LogP contribution is 2.09. The summed E-state index contributed by atoms with van der Waals surface area (Å²) in [7, 11) is 5.68. The predicted molar refractivity (Wildman–Crippen MR) is 88.8 cm³/mol. The maximum absolute atomic E-state index is 11.8. The SMILES string of the molecule is CC/C=C/C=C/CC(O)CC(=O)OC(CC(=O)O)C[N+](C)(C)C. The number of carboxylic acid groups (broad SMARTS) is 1. The Morgan fingerprint density at radius 2 is 1.74 bits per heavy atom. The Kier molecular flexibility index (Phi) is 10.2. The zero-order valence-corrected chi connectivity index (χ0v) is 14.6. The number of ether oxygens (including phenoxy) is 1. The zero-order chi connectivity index (χ0) is 17.9. The molecular weight excluding hydrogens is 298 g/mol. The average molecular weight is 328 g/mol. The number of rotatable bonds is 11. The predicted octanol–water partition coefficient (Wildman–Crippen LogP) is 1.74. The number of aliphatic carboxylic acids is 1. The first-order chi connectivity index (χ1) is 10.6. The van der Waals surface area contributed by atoms with Gasteiger partial charge in [0.15, 0.2) is 6.10 Å². The lowest BCUT2D eigenvalue weighted by Crippen LogP contribution is -2.44. The van der Waals surface area contributed by atoms with Gasteiger partial charge >= 0.3 is 11.9 Å². The van der Waals surface area contributed by atoms with Crippen LogP contribution in [0.25, 0.3) is 0 Å². The number of allylic oxidation sites excluding steroid dienone is 3. The van der Waals surface area contributed by atoms with Crippen LogP contribution in [0.5, 0.6) is 0 Å². The summed E-state index contributed by atoms with van der Waals surface area (Å²) in [6.45, 7) is 2.43. The number of carbonyl (C=O) groups is 2. The standard InChI is InChI=1S/C17H29NO5/c1-5-6-7-8-9-10-14(19)11-17(22)23-15(12-16(20)21)13-18(2,3)4/h6-9,14-15,19H,5,10-13H2,1-4H3/p+1/b7-6+,9-8+. The van der Waals surface area contributed by atoms with Crippen molar-refractivity contribution in [1.29, 1.82) is 0 Å². The van der Waals surface area contributed by atoms with Crippen LogP contribution in [-0.4, -0.2) is 66.5 Å². The Morgan fingerprint density at radius 1 is 1.13 bits per heavy atom. The van der Waals surface area contributed by atoms with Crippen LogP contribution in [0, 0.1) is 0 Å². The number of quaternary nitrogens is 1. The Bertz CT molecular complexity index is 423. The van der Waals surface area contributed by atoms with Crippen LogP contribution in [-0.2, 0) is 14.3 Å². The van der Waals surface area contributed by atoms with Crippen LogP contribution in [0.3, 0.4) is 0 Å². The van der Waals surface area contributed by atoms with E-state index in [9.17, 15) is 14.7 Å². The molecule has 0 heterocycles. The first-order valence-electron chi connectivity index (χ1n) is 7.85. The quantitative estimate of drug-likeness (QED) is 0.343. The van der Waals surface area contributed by atoms with Crippen LogP contribution in [0.15, 0.2) is 24.3 Å². The van der Waals surface area contributed by atoms with E-state index in [1.807, 2.05) is 46.3 Å². The second-order valence-electron chi connectivity index (χ2n) is 6.54. The van der Waals surface area contributed by atoms with Crippen LogP contribution < -0.4 is 0 Å². The summed E-state index contributed by atoms with van der Waals surface area (Å²) >= 11 is 0. The lowest BCUT2D eigenvalue weighted by Gasteiger charge is -2.28. The summed E-state index contributed by atoms with van der Waals surface area (Å²) in [6.07, 6.45) is 6.85. The molecule has 2 atom stereocenters. The molecule has 0 aliphatic rings. The second kappa shape index (κ2) is 11.0. The van der Waals surface area contributed by atoms with Gasteiger partial charge in [0.1, 0.15) is 6.54 Å². The smallest absolute Gasteiger partial charge is 0.308 e. The van der Waals surface area contributed by atoms with Gasteiger partial charge in [-0.05, 0) is 12.8 Å². The number of hydrogen-bond acceptors (Lipinski definition) is 4. The highest BCUT2D eigenvalue weighted by Gasteiger charge is 2.25. The number of hydrogen-bond donors (Lipinski definition) is 2. The molecule has 2 N–H and O–H groups in total. The normalized spacial score (nSPS) is 15.0. The molecule has 0 saturated carbocycles. The van der Waals surface area contributed by atoms with Crippen molar-refractivity contribution in [3.8, 4) is 0 Å². The molecule has 0 aliphatic heterocycles. The highest BCUT2D eigenvalue weighted by atomic mass is 16.5. The molecule has 0 bridgehead atoms. The van der Waals surface area contributed by atoms with Gasteiger partial charge in [-0.2, -0.15) is 0 Å². The summed E-state index contributed by atoms with van der Waals surface area (Å²) in [5.41, 5.74) is 0. The molecule has 0 saturated heterocycles. The number of carbonyl (C=O) groups excluding carboxylic acids is 1. The Labute approximate surface area is 138 Å². The van der Waals surface area contributed by atoms with E-state index in [0.717, 1.165) is 6.42 Å². The third kappa shape index (κ3) is 13.7. The van der Waals surface area contributed by atoms with Crippen molar-refractivity contribution in [2.45, 2.75) is 44.8 Å². The van der Waals surface area contributed by atoms with Crippen molar-refractivity contribution < 1.29 is 29.0 Å². The van der Waals surface area contributed by atoms with E-state index >= 15 is 0 Å². The Hall–Kier alpha value is -1.66. The molecule has 0 aliphatic carbocycles. The van der Waals surface area contributed by atoms with Crippen molar-refractivity contribution in [2.75, 3.05) is 27.7 Å². The van der Waals surface area contributed by atoms with E-state index in [2.05, 4.69) is 0 Å². The molecule has 0 aromatic rings. The maximum Gasteiger partial charge on any atom is 0.308 e. The maximum atomic E-state index is 11.8.